The quantitative estimate of drug-likeness (QED) is 0.165. The zero-order valence-electron chi connectivity index (χ0n) is 45.0. The smallest absolute Gasteiger partial charge is 0.178 e. The van der Waals surface area contributed by atoms with Gasteiger partial charge in [-0.3, -0.25) is 0 Å². The van der Waals surface area contributed by atoms with Gasteiger partial charge in [-0.05, 0) is 153 Å². The zero-order chi connectivity index (χ0) is 52.9. The van der Waals surface area contributed by atoms with E-state index in [9.17, 15) is 0 Å². The molecule has 15 aromatic rings. The Kier molecular flexibility index (Phi) is 9.82. The van der Waals surface area contributed by atoms with Gasteiger partial charge in [0.25, 0.3) is 0 Å². The monoisotopic (exact) mass is 1010 g/mol. The molecule has 0 aliphatic heterocycles. The Labute approximate surface area is 451 Å². The lowest BCUT2D eigenvalue weighted by atomic mass is 9.84. The minimum absolute atomic E-state index is 0.190. The second-order valence-electron chi connectivity index (χ2n) is 23.4. The molecule has 11 aromatic carbocycles. The Balaban J connectivity index is 0.883. The lowest BCUT2D eigenvalue weighted by Crippen LogP contribution is -2.20. The first-order valence-electron chi connectivity index (χ1n) is 27.1. The van der Waals surface area contributed by atoms with Crippen LogP contribution in [0.5, 0.6) is 0 Å². The molecule has 0 amide bonds. The zero-order valence-corrected chi connectivity index (χ0v) is 45.0. The molecule has 78 heavy (non-hydrogen) atoms. The molecule has 378 valence electrons. The molecule has 0 aliphatic carbocycles. The fourth-order valence-corrected chi connectivity index (χ4v) is 12.4. The second kappa shape index (κ2) is 16.6. The Hall–Kier alpha value is -9.26. The van der Waals surface area contributed by atoms with E-state index in [1.54, 1.807) is 0 Å². The molecule has 0 fully saturated rings. The molecule has 15 rings (SSSR count). The number of benzene rings is 11. The van der Waals surface area contributed by atoms with Gasteiger partial charge in [-0.25, -0.2) is 0 Å². The van der Waals surface area contributed by atoms with Gasteiger partial charge in [-0.1, -0.05) is 151 Å². The van der Waals surface area contributed by atoms with Crippen molar-refractivity contribution in [2.45, 2.75) is 66.2 Å². The Bertz CT molecular complexity index is 4680. The van der Waals surface area contributed by atoms with Crippen molar-refractivity contribution in [1.82, 2.24) is 0 Å². The maximum atomic E-state index is 6.96. The molecule has 0 spiro atoms. The van der Waals surface area contributed by atoms with Crippen LogP contribution < -0.4 is 9.80 Å². The molecule has 0 N–H and O–H groups in total. The van der Waals surface area contributed by atoms with Crippen LogP contribution in [0.25, 0.3) is 109 Å². The largest absolute Gasteiger partial charge is 0.454 e. The molecule has 0 aliphatic rings. The third kappa shape index (κ3) is 6.95. The van der Waals surface area contributed by atoms with Gasteiger partial charge in [-0.15, -0.1) is 0 Å². The summed E-state index contributed by atoms with van der Waals surface area (Å²) in [6, 6.07) is 69.8. The third-order valence-corrected chi connectivity index (χ3v) is 16.3. The third-order valence-electron chi connectivity index (χ3n) is 16.3. The Morgan fingerprint density at radius 3 is 1.09 bits per heavy atom. The van der Waals surface area contributed by atoms with Crippen molar-refractivity contribution in [2.24, 2.45) is 0 Å². The fourth-order valence-electron chi connectivity index (χ4n) is 12.4. The van der Waals surface area contributed by atoms with E-state index >= 15 is 0 Å². The van der Waals surface area contributed by atoms with Crippen LogP contribution in [0.3, 0.4) is 0 Å². The SMILES string of the molecule is Cc1ccccc1N(c1ccc2cc3c(cc2c1)oc1c3ccc2c3cc4ccc(N(c5ccccc5C)c5c(C(C)(C)C)ccc6c5oc5ccccc56)cc4cc3oc21)c1c(C(C)(C)C)ccc2c1oc1ccccc12. The maximum absolute atomic E-state index is 6.96. The van der Waals surface area contributed by atoms with Crippen molar-refractivity contribution in [3.8, 4) is 0 Å². The van der Waals surface area contributed by atoms with E-state index in [4.69, 9.17) is 17.7 Å². The van der Waals surface area contributed by atoms with Gasteiger partial charge in [0, 0.05) is 65.8 Å². The number of furan rings is 4. The minimum atomic E-state index is -0.190. The van der Waals surface area contributed by atoms with Crippen molar-refractivity contribution < 1.29 is 17.7 Å². The summed E-state index contributed by atoms with van der Waals surface area (Å²) in [5, 5.41) is 12.9. The molecule has 6 heteroatoms. The summed E-state index contributed by atoms with van der Waals surface area (Å²) in [4.78, 5) is 4.80. The summed E-state index contributed by atoms with van der Waals surface area (Å²) in [5.74, 6) is 0. The van der Waals surface area contributed by atoms with Gasteiger partial charge < -0.3 is 27.5 Å². The van der Waals surface area contributed by atoms with Crippen LogP contribution in [-0.2, 0) is 10.8 Å². The van der Waals surface area contributed by atoms with Crippen LogP contribution in [0.15, 0.2) is 212 Å². The first kappa shape index (κ1) is 46.1. The molecule has 0 bridgehead atoms. The number of hydrogen-bond donors (Lipinski definition) is 0. The van der Waals surface area contributed by atoms with Crippen molar-refractivity contribution in [2.75, 3.05) is 9.80 Å². The number of anilines is 6. The average molecular weight is 1010 g/mol. The number of hydrogen-bond acceptors (Lipinski definition) is 6. The highest BCUT2D eigenvalue weighted by Gasteiger charge is 2.31. The van der Waals surface area contributed by atoms with E-state index < -0.39 is 0 Å². The van der Waals surface area contributed by atoms with Crippen molar-refractivity contribution in [1.29, 1.82) is 0 Å². The summed E-state index contributed by atoms with van der Waals surface area (Å²) < 4.78 is 27.6. The summed E-state index contributed by atoms with van der Waals surface area (Å²) in [5.41, 5.74) is 17.3. The highest BCUT2D eigenvalue weighted by molar-refractivity contribution is 6.22. The molecule has 4 heterocycles. The van der Waals surface area contributed by atoms with E-state index in [2.05, 4.69) is 247 Å². The van der Waals surface area contributed by atoms with Gasteiger partial charge >= 0.3 is 0 Å². The number of para-hydroxylation sites is 4. The molecule has 0 radical (unpaired) electrons. The van der Waals surface area contributed by atoms with Gasteiger partial charge in [0.15, 0.2) is 22.3 Å². The first-order chi connectivity index (χ1) is 37.7. The van der Waals surface area contributed by atoms with E-state index in [0.29, 0.717) is 0 Å². The van der Waals surface area contributed by atoms with Crippen molar-refractivity contribution in [3.63, 3.8) is 0 Å². The second-order valence-corrected chi connectivity index (χ2v) is 23.4. The van der Waals surface area contributed by atoms with Gasteiger partial charge in [0.05, 0.1) is 11.4 Å². The molecule has 6 nitrogen and oxygen atoms in total. The maximum Gasteiger partial charge on any atom is 0.178 e. The molecular weight excluding hydrogens is 957 g/mol. The lowest BCUT2D eigenvalue weighted by molar-refractivity contribution is 0.588. The van der Waals surface area contributed by atoms with Crippen molar-refractivity contribution in [3.05, 3.63) is 216 Å². The van der Waals surface area contributed by atoms with Crippen molar-refractivity contribution >= 4 is 143 Å². The number of fused-ring (bicyclic) bond motifs is 15. The van der Waals surface area contributed by atoms with Crippen LogP contribution in [0.1, 0.15) is 63.8 Å². The van der Waals surface area contributed by atoms with E-state index in [0.717, 1.165) is 155 Å². The van der Waals surface area contributed by atoms with Crippen LogP contribution in [0.2, 0.25) is 0 Å². The summed E-state index contributed by atoms with van der Waals surface area (Å²) in [7, 11) is 0. The molecule has 0 saturated carbocycles. The van der Waals surface area contributed by atoms with E-state index in [1.807, 2.05) is 12.1 Å². The Morgan fingerprint density at radius 1 is 0.295 bits per heavy atom. The molecule has 0 unspecified atom stereocenters. The lowest BCUT2D eigenvalue weighted by Gasteiger charge is -2.33. The standard InChI is InChI=1S/C72H56N2O4/c1-41-17-9-13-21-59(41)73(65-57(71(3,4)5)33-31-51-49-19-11-15-23-61(49)75-67(51)65)47-27-25-43-37-55-53-29-30-54-56-38-44-26-28-48(36-46(44)40-64(56)78-70(54)69(53)77-63(55)39-45(43)35-47)74(60-22-14-10-18-42(60)2)66-58(72(6,7)8)34-32-52-50-20-12-16-24-62(50)76-68(52)66/h9-40H,1-8H3. The number of rotatable bonds is 6. The average Bonchev–Trinajstić information content (AvgIpc) is 4.39. The summed E-state index contributed by atoms with van der Waals surface area (Å²) in [6.45, 7) is 18.0. The predicted octanol–water partition coefficient (Wildman–Crippen LogP) is 21.7. The van der Waals surface area contributed by atoms with Crippen LogP contribution in [-0.4, -0.2) is 0 Å². The van der Waals surface area contributed by atoms with Gasteiger partial charge in [0.2, 0.25) is 0 Å². The normalized spacial score (nSPS) is 12.6. The molecule has 0 atom stereocenters. The highest BCUT2D eigenvalue weighted by atomic mass is 16.4. The minimum Gasteiger partial charge on any atom is -0.454 e. The molecular formula is C72H56N2O4. The van der Waals surface area contributed by atoms with Crippen LogP contribution >= 0.6 is 0 Å². The van der Waals surface area contributed by atoms with Gasteiger partial charge in [-0.2, -0.15) is 0 Å². The fraction of sp³-hybridized carbons (Fsp3) is 0.139. The summed E-state index contributed by atoms with van der Waals surface area (Å²) >= 11 is 0. The van der Waals surface area contributed by atoms with E-state index in [-0.39, 0.29) is 10.8 Å². The molecule has 0 saturated heterocycles. The topological polar surface area (TPSA) is 59.0 Å². The number of nitrogens with zero attached hydrogens (tertiary/aromatic N) is 2. The van der Waals surface area contributed by atoms with Crippen LogP contribution in [0, 0.1) is 13.8 Å². The van der Waals surface area contributed by atoms with Crippen LogP contribution in [0.4, 0.5) is 34.1 Å². The molecule has 4 aromatic heterocycles. The number of aryl methyl sites for hydroxylation is 2. The predicted molar refractivity (Wildman–Crippen MR) is 327 cm³/mol. The van der Waals surface area contributed by atoms with E-state index in [1.165, 1.54) is 11.1 Å². The van der Waals surface area contributed by atoms with Gasteiger partial charge in [0.1, 0.15) is 22.3 Å². The highest BCUT2D eigenvalue weighted by Crippen LogP contribution is 2.51. The first-order valence-corrected chi connectivity index (χ1v) is 27.1. The summed E-state index contributed by atoms with van der Waals surface area (Å²) in [6.07, 6.45) is 0. The Morgan fingerprint density at radius 2 is 0.667 bits per heavy atom.